The van der Waals surface area contributed by atoms with Crippen molar-refractivity contribution in [2.24, 2.45) is 0 Å². The molecule has 108 heavy (non-hydrogen) atoms. The van der Waals surface area contributed by atoms with E-state index < -0.39 is 0 Å². The Morgan fingerprint density at radius 2 is 0.269 bits per heavy atom. The zero-order valence-electron chi connectivity index (χ0n) is 58.7. The molecule has 0 radical (unpaired) electrons. The molecule has 7 heteroatoms. The summed E-state index contributed by atoms with van der Waals surface area (Å²) in [6.45, 7) is 0. The highest BCUT2D eigenvalue weighted by Gasteiger charge is 2.19. The molecule has 0 unspecified atom stereocenters. The van der Waals surface area contributed by atoms with E-state index in [1.807, 2.05) is 133 Å². The maximum Gasteiger partial charge on any atom is 0.164 e. The molecule has 21 rings (SSSR count). The van der Waals surface area contributed by atoms with Crippen LogP contribution in [0.15, 0.2) is 394 Å². The van der Waals surface area contributed by atoms with E-state index in [9.17, 15) is 0 Å². The second-order valence-corrected chi connectivity index (χ2v) is 27.0. The Labute approximate surface area is 624 Å². The standard InChI is InChI=1S/2C34H22N2.C33H21N3/c1-3-11-23(12-4-1)32-22-33(36-34(35-32)24-13-5-2-6-14-24)25-19-20-30-28-17-8-7-15-26(28)27-16-9-10-18-29(27)31(30)21-25;1-3-11-23(12-4-1)32-22-33(24-13-5-2-6-14-24)36-34(35-32)25-19-20-30-28-17-8-7-15-26(28)27-16-9-10-18-29(27)31(30)21-25;1-3-11-22(12-4-1)31-34-32(23-13-5-2-6-14-23)36-33(35-31)24-19-20-29-27-17-8-7-15-25(27)26-16-9-10-18-28(26)30(29)21-24/h2*1-22H;1-21H. The molecule has 0 aliphatic carbocycles. The molecule has 504 valence electrons. The molecule has 0 bridgehead atoms. The van der Waals surface area contributed by atoms with Gasteiger partial charge in [0.05, 0.1) is 22.8 Å². The first-order chi connectivity index (χ1) is 53.5. The van der Waals surface area contributed by atoms with Crippen LogP contribution in [-0.4, -0.2) is 34.9 Å². The van der Waals surface area contributed by atoms with E-state index in [-0.39, 0.29) is 0 Å². The van der Waals surface area contributed by atoms with Gasteiger partial charge in [0.1, 0.15) is 0 Å². The lowest BCUT2D eigenvalue weighted by molar-refractivity contribution is 1.07. The molecule has 0 N–H and O–H groups in total. The average molecular weight is 1380 g/mol. The Morgan fingerprint density at radius 3 is 0.528 bits per heavy atom. The fourth-order valence-corrected chi connectivity index (χ4v) is 15.3. The van der Waals surface area contributed by atoms with Gasteiger partial charge in [-0.3, -0.25) is 0 Å². The predicted molar refractivity (Wildman–Crippen MR) is 450 cm³/mol. The van der Waals surface area contributed by atoms with E-state index >= 15 is 0 Å². The van der Waals surface area contributed by atoms with Crippen LogP contribution in [0.1, 0.15) is 0 Å². The SMILES string of the molecule is c1ccc(-c2cc(-c3ccc4c5ccccc5c5ccccc5c4c3)nc(-c3ccccc3)n2)cc1.c1ccc(-c2cc(-c3ccccc3)nc(-c3ccc4c5ccccc5c5ccccc5c4c3)n2)cc1.c1ccc(-c2nc(-c3ccccc3)nc(-c3ccc4c5ccccc5c5ccccc5c4c3)n2)cc1. The van der Waals surface area contributed by atoms with E-state index in [4.69, 9.17) is 34.9 Å². The Balaban J connectivity index is 0.000000110. The van der Waals surface area contributed by atoms with Gasteiger partial charge in [-0.1, -0.05) is 364 Å². The fraction of sp³-hybridized carbons (Fsp3) is 0. The molecule has 0 aliphatic rings. The molecule has 0 aliphatic heterocycles. The summed E-state index contributed by atoms with van der Waals surface area (Å²) in [6.07, 6.45) is 0. The minimum Gasteiger partial charge on any atom is -0.228 e. The Bertz CT molecular complexity index is 6010. The summed E-state index contributed by atoms with van der Waals surface area (Å²) >= 11 is 0. The van der Waals surface area contributed by atoms with Crippen molar-refractivity contribution in [1.82, 2.24) is 34.9 Å². The number of hydrogen-bond acceptors (Lipinski definition) is 7. The van der Waals surface area contributed by atoms with Crippen LogP contribution in [0.5, 0.6) is 0 Å². The first-order valence-electron chi connectivity index (χ1n) is 36.4. The molecule has 0 saturated carbocycles. The van der Waals surface area contributed by atoms with Gasteiger partial charge in [-0.15, -0.1) is 0 Å². The Morgan fingerprint density at radius 1 is 0.102 bits per heavy atom. The molecule has 0 spiro atoms. The first kappa shape index (κ1) is 64.3. The van der Waals surface area contributed by atoms with E-state index in [0.717, 1.165) is 84.5 Å². The summed E-state index contributed by atoms with van der Waals surface area (Å²) in [5, 5.41) is 22.5. The molecule has 0 fully saturated rings. The molecule has 21 aromatic rings. The van der Waals surface area contributed by atoms with Crippen LogP contribution in [0.3, 0.4) is 0 Å². The van der Waals surface area contributed by atoms with Crippen molar-refractivity contribution in [1.29, 1.82) is 0 Å². The van der Waals surface area contributed by atoms with Crippen molar-refractivity contribution in [3.63, 3.8) is 0 Å². The molecule has 0 atom stereocenters. The molecular formula is C101H65N7. The van der Waals surface area contributed by atoms with Gasteiger partial charge >= 0.3 is 0 Å². The van der Waals surface area contributed by atoms with Crippen molar-refractivity contribution in [3.8, 4) is 102 Å². The summed E-state index contributed by atoms with van der Waals surface area (Å²) in [6, 6.07) is 137. The van der Waals surface area contributed by atoms with Gasteiger partial charge in [0.2, 0.25) is 0 Å². The molecule has 18 aromatic carbocycles. The maximum absolute atomic E-state index is 5.04. The number of hydrogen-bond donors (Lipinski definition) is 0. The second-order valence-electron chi connectivity index (χ2n) is 27.0. The minimum atomic E-state index is 0.668. The van der Waals surface area contributed by atoms with Gasteiger partial charge in [-0.2, -0.15) is 0 Å². The summed E-state index contributed by atoms with van der Waals surface area (Å²) < 4.78 is 0. The predicted octanol–water partition coefficient (Wildman–Crippen LogP) is 26.2. The van der Waals surface area contributed by atoms with Crippen LogP contribution in [-0.2, 0) is 0 Å². The summed E-state index contributed by atoms with van der Waals surface area (Å²) in [7, 11) is 0. The molecule has 0 saturated heterocycles. The lowest BCUT2D eigenvalue weighted by Crippen LogP contribution is -2.00. The van der Waals surface area contributed by atoms with Gasteiger partial charge < -0.3 is 0 Å². The molecular weight excluding hydrogens is 1310 g/mol. The quantitative estimate of drug-likeness (QED) is 0.133. The maximum atomic E-state index is 5.04. The minimum absolute atomic E-state index is 0.668. The topological polar surface area (TPSA) is 90.2 Å². The normalized spacial score (nSPS) is 11.3. The third-order valence-electron chi connectivity index (χ3n) is 20.4. The molecule has 0 amide bonds. The van der Waals surface area contributed by atoms with Crippen LogP contribution in [0.2, 0.25) is 0 Å². The first-order valence-corrected chi connectivity index (χ1v) is 36.4. The average Bonchev–Trinajstić information content (AvgIpc) is 0.751. The lowest BCUT2D eigenvalue weighted by Gasteiger charge is -2.13. The second kappa shape index (κ2) is 28.3. The summed E-state index contributed by atoms with van der Waals surface area (Å²) in [4.78, 5) is 34.7. The smallest absolute Gasteiger partial charge is 0.164 e. The van der Waals surface area contributed by atoms with Crippen molar-refractivity contribution in [2.45, 2.75) is 0 Å². The highest BCUT2D eigenvalue weighted by molar-refractivity contribution is 6.28. The summed E-state index contributed by atoms with van der Waals surface area (Å²) in [5.74, 6) is 3.47. The van der Waals surface area contributed by atoms with E-state index in [1.54, 1.807) is 0 Å². The Kier molecular flexibility index (Phi) is 16.8. The summed E-state index contributed by atoms with van der Waals surface area (Å²) in [5.41, 5.74) is 12.9. The third-order valence-corrected chi connectivity index (χ3v) is 20.4. The van der Waals surface area contributed by atoms with Gasteiger partial charge in [0.15, 0.2) is 29.1 Å². The van der Waals surface area contributed by atoms with Crippen molar-refractivity contribution in [2.75, 3.05) is 0 Å². The van der Waals surface area contributed by atoms with E-state index in [0.29, 0.717) is 17.5 Å². The lowest BCUT2D eigenvalue weighted by atomic mass is 9.92. The fourth-order valence-electron chi connectivity index (χ4n) is 15.3. The van der Waals surface area contributed by atoms with E-state index in [2.05, 4.69) is 261 Å². The Hall–Kier alpha value is -14.5. The van der Waals surface area contributed by atoms with Crippen molar-refractivity contribution < 1.29 is 0 Å². The van der Waals surface area contributed by atoms with Crippen LogP contribution in [0.25, 0.3) is 199 Å². The van der Waals surface area contributed by atoms with Crippen LogP contribution >= 0.6 is 0 Å². The molecule has 7 nitrogen and oxygen atoms in total. The number of fused-ring (bicyclic) bond motifs is 18. The highest BCUT2D eigenvalue weighted by Crippen LogP contribution is 2.42. The van der Waals surface area contributed by atoms with Gasteiger partial charge in [0, 0.05) is 50.1 Å². The largest absolute Gasteiger partial charge is 0.228 e. The highest BCUT2D eigenvalue weighted by atomic mass is 15.0. The number of benzene rings is 18. The molecule has 3 heterocycles. The van der Waals surface area contributed by atoms with Gasteiger partial charge in [0.25, 0.3) is 0 Å². The van der Waals surface area contributed by atoms with Crippen molar-refractivity contribution >= 4 is 97.0 Å². The third kappa shape index (κ3) is 12.3. The number of nitrogens with zero attached hydrogens (tertiary/aromatic N) is 7. The monoisotopic (exact) mass is 1380 g/mol. The van der Waals surface area contributed by atoms with Gasteiger partial charge in [-0.05, 0) is 127 Å². The molecule has 3 aromatic heterocycles. The van der Waals surface area contributed by atoms with Crippen LogP contribution < -0.4 is 0 Å². The zero-order chi connectivity index (χ0) is 71.7. The zero-order valence-corrected chi connectivity index (χ0v) is 58.7. The number of rotatable bonds is 9. The van der Waals surface area contributed by atoms with Crippen LogP contribution in [0.4, 0.5) is 0 Å². The van der Waals surface area contributed by atoms with E-state index in [1.165, 1.54) is 97.0 Å². The van der Waals surface area contributed by atoms with Crippen molar-refractivity contribution in [3.05, 3.63) is 394 Å². The van der Waals surface area contributed by atoms with Gasteiger partial charge in [-0.25, -0.2) is 34.9 Å². The number of aromatic nitrogens is 7. The van der Waals surface area contributed by atoms with Crippen LogP contribution in [0, 0.1) is 0 Å².